The molecule has 182 valence electrons. The molecular weight excluding hydrogens is 449 g/mol. The summed E-state index contributed by atoms with van der Waals surface area (Å²) in [4.78, 5) is 28.6. The molecule has 3 N–H and O–H groups in total. The van der Waals surface area contributed by atoms with Crippen molar-refractivity contribution >= 4 is 22.5 Å². The molecule has 0 aliphatic rings. The number of benzene rings is 2. The number of fused-ring (bicyclic) bond motifs is 1. The summed E-state index contributed by atoms with van der Waals surface area (Å²) in [7, 11) is 0. The summed E-state index contributed by atoms with van der Waals surface area (Å²) in [5.74, 6) is -1.19. The Balaban J connectivity index is 2.02. The lowest BCUT2D eigenvalue weighted by atomic mass is 9.79. The number of nitrogens with one attached hydrogen (secondary N) is 2. The summed E-state index contributed by atoms with van der Waals surface area (Å²) in [6, 6.07) is 6.52. The third-order valence-electron chi connectivity index (χ3n) is 5.33. The van der Waals surface area contributed by atoms with Crippen molar-refractivity contribution in [2.75, 3.05) is 5.32 Å². The van der Waals surface area contributed by atoms with Crippen LogP contribution in [0.1, 0.15) is 63.0 Å². The van der Waals surface area contributed by atoms with E-state index >= 15 is 0 Å². The van der Waals surface area contributed by atoms with E-state index in [0.29, 0.717) is 5.69 Å². The summed E-state index contributed by atoms with van der Waals surface area (Å²) in [6.07, 6.45) is -3.73. The monoisotopic (exact) mass is 476 g/mol. The van der Waals surface area contributed by atoms with Crippen molar-refractivity contribution < 1.29 is 27.8 Å². The molecule has 2 aromatic carbocycles. The number of rotatable bonds is 3. The summed E-state index contributed by atoms with van der Waals surface area (Å²) in [6.45, 7) is 11.8. The number of aromatic nitrogens is 1. The van der Waals surface area contributed by atoms with Crippen LogP contribution in [-0.2, 0) is 10.8 Å². The number of phenolic OH excluding ortho intramolecular Hbond substituents is 1. The van der Waals surface area contributed by atoms with E-state index in [1.165, 1.54) is 6.07 Å². The highest BCUT2D eigenvalue weighted by atomic mass is 19.4. The number of amides is 1. The Kier molecular flexibility index (Phi) is 6.19. The van der Waals surface area contributed by atoms with Gasteiger partial charge in [-0.05, 0) is 40.2 Å². The molecule has 0 aliphatic heterocycles. The lowest BCUT2D eigenvalue weighted by Crippen LogP contribution is -2.25. The van der Waals surface area contributed by atoms with E-state index in [9.17, 15) is 27.9 Å². The molecule has 0 fully saturated rings. The summed E-state index contributed by atoms with van der Waals surface area (Å²) < 4.78 is 41.3. The van der Waals surface area contributed by atoms with Gasteiger partial charge in [-0.15, -0.1) is 13.2 Å². The molecule has 0 saturated heterocycles. The van der Waals surface area contributed by atoms with E-state index in [2.05, 4.69) is 15.0 Å². The topological polar surface area (TPSA) is 91.4 Å². The molecule has 0 saturated carbocycles. The number of phenols is 1. The second-order valence-corrected chi connectivity index (χ2v) is 10.2. The Bertz CT molecular complexity index is 1310. The first kappa shape index (κ1) is 25.1. The lowest BCUT2D eigenvalue weighted by Gasteiger charge is -2.28. The number of alkyl halides is 3. The van der Waals surface area contributed by atoms with Crippen molar-refractivity contribution in [1.82, 2.24) is 4.98 Å². The largest absolute Gasteiger partial charge is 0.573 e. The summed E-state index contributed by atoms with van der Waals surface area (Å²) in [5, 5.41) is 13.3. The highest BCUT2D eigenvalue weighted by Gasteiger charge is 2.31. The number of carbonyl (C=O) groups excluding carboxylic acids is 1. The van der Waals surface area contributed by atoms with Crippen molar-refractivity contribution in [2.45, 2.75) is 58.7 Å². The summed E-state index contributed by atoms with van der Waals surface area (Å²) >= 11 is 0. The third-order valence-corrected chi connectivity index (χ3v) is 5.33. The maximum Gasteiger partial charge on any atom is 0.573 e. The van der Waals surface area contributed by atoms with Crippen LogP contribution in [-0.4, -0.2) is 22.4 Å². The molecule has 0 radical (unpaired) electrons. The smallest absolute Gasteiger partial charge is 0.508 e. The lowest BCUT2D eigenvalue weighted by molar-refractivity contribution is -0.274. The number of halogens is 3. The second kappa shape index (κ2) is 8.38. The van der Waals surface area contributed by atoms with Crippen LogP contribution < -0.4 is 15.5 Å². The van der Waals surface area contributed by atoms with E-state index in [4.69, 9.17) is 0 Å². The number of anilines is 1. The van der Waals surface area contributed by atoms with Gasteiger partial charge in [-0.3, -0.25) is 9.59 Å². The maximum absolute atomic E-state index is 13.0. The van der Waals surface area contributed by atoms with Gasteiger partial charge < -0.3 is 20.1 Å². The van der Waals surface area contributed by atoms with Crippen LogP contribution in [0.25, 0.3) is 10.9 Å². The van der Waals surface area contributed by atoms with E-state index < -0.39 is 23.4 Å². The minimum atomic E-state index is -4.87. The van der Waals surface area contributed by atoms with E-state index in [1.54, 1.807) is 0 Å². The van der Waals surface area contributed by atoms with Gasteiger partial charge in [0.25, 0.3) is 5.91 Å². The van der Waals surface area contributed by atoms with Gasteiger partial charge in [0, 0.05) is 29.4 Å². The zero-order valence-corrected chi connectivity index (χ0v) is 19.8. The molecule has 9 heteroatoms. The fourth-order valence-electron chi connectivity index (χ4n) is 3.67. The molecule has 1 aromatic heterocycles. The predicted octanol–water partition coefficient (Wildman–Crippen LogP) is 5.98. The average Bonchev–Trinajstić information content (AvgIpc) is 2.64. The third kappa shape index (κ3) is 5.35. The number of ether oxygens (including phenoxy) is 1. The van der Waals surface area contributed by atoms with E-state index in [0.717, 1.165) is 35.5 Å². The van der Waals surface area contributed by atoms with Gasteiger partial charge in [-0.1, -0.05) is 41.5 Å². The number of hydrogen-bond donors (Lipinski definition) is 3. The molecule has 1 heterocycles. The number of hydrogen-bond acceptors (Lipinski definition) is 4. The molecule has 1 amide bonds. The van der Waals surface area contributed by atoms with Gasteiger partial charge in [-0.2, -0.15) is 0 Å². The average molecular weight is 476 g/mol. The molecule has 3 aromatic rings. The highest BCUT2D eigenvalue weighted by molar-refractivity contribution is 6.06. The normalized spacial score (nSPS) is 12.6. The van der Waals surface area contributed by atoms with Crippen molar-refractivity contribution in [3.8, 4) is 11.5 Å². The van der Waals surface area contributed by atoms with Crippen LogP contribution in [0.5, 0.6) is 11.5 Å². The van der Waals surface area contributed by atoms with Gasteiger partial charge in [0.2, 0.25) is 5.43 Å². The van der Waals surface area contributed by atoms with Crippen molar-refractivity contribution in [3.63, 3.8) is 0 Å². The molecule has 0 aliphatic carbocycles. The number of pyridine rings is 1. The molecule has 34 heavy (non-hydrogen) atoms. The standard InChI is InChI=1S/C25H27F3N2O4/c1-23(2,3)16-10-17(24(4,5)6)20(31)11-19(16)30-22(33)15-12-29-18-9-13(34-25(26,27)28)7-8-14(18)21(15)32/h7-12,31H,1-6H3,(H,29,32)(H,30,33). The number of H-pyrrole nitrogens is 1. The Hall–Kier alpha value is -3.49. The Morgan fingerprint density at radius 1 is 0.971 bits per heavy atom. The Morgan fingerprint density at radius 3 is 2.15 bits per heavy atom. The van der Waals surface area contributed by atoms with E-state index in [1.807, 2.05) is 47.6 Å². The zero-order chi connectivity index (χ0) is 25.6. The van der Waals surface area contributed by atoms with Crippen molar-refractivity contribution in [3.05, 3.63) is 63.4 Å². The first-order valence-corrected chi connectivity index (χ1v) is 10.6. The molecule has 3 rings (SSSR count). The van der Waals surface area contributed by atoms with Gasteiger partial charge in [0.1, 0.15) is 17.1 Å². The first-order chi connectivity index (χ1) is 15.5. The van der Waals surface area contributed by atoms with Crippen LogP contribution in [0.4, 0.5) is 18.9 Å². The number of aromatic amines is 1. The zero-order valence-electron chi connectivity index (χ0n) is 19.8. The molecule has 6 nitrogen and oxygen atoms in total. The highest BCUT2D eigenvalue weighted by Crippen LogP contribution is 2.39. The molecule has 0 spiro atoms. The summed E-state index contributed by atoms with van der Waals surface area (Å²) in [5.41, 5.74) is 0.333. The molecule has 0 unspecified atom stereocenters. The van der Waals surface area contributed by atoms with Crippen LogP contribution >= 0.6 is 0 Å². The van der Waals surface area contributed by atoms with Crippen LogP contribution in [0.2, 0.25) is 0 Å². The minimum absolute atomic E-state index is 0.0143. The van der Waals surface area contributed by atoms with Gasteiger partial charge in [0.05, 0.1) is 5.52 Å². The second-order valence-electron chi connectivity index (χ2n) is 10.2. The van der Waals surface area contributed by atoms with Crippen LogP contribution in [0.3, 0.4) is 0 Å². The Morgan fingerprint density at radius 2 is 1.59 bits per heavy atom. The SMILES string of the molecule is CC(C)(C)c1cc(C(C)(C)C)c(NC(=O)c2c[nH]c3cc(OC(F)(F)F)ccc3c2=O)cc1O. The quantitative estimate of drug-likeness (QED) is 0.434. The number of carbonyl (C=O) groups is 1. The van der Waals surface area contributed by atoms with Gasteiger partial charge in [0.15, 0.2) is 0 Å². The van der Waals surface area contributed by atoms with Gasteiger partial charge in [-0.25, -0.2) is 0 Å². The van der Waals surface area contributed by atoms with Crippen molar-refractivity contribution in [2.24, 2.45) is 0 Å². The predicted molar refractivity (Wildman–Crippen MR) is 125 cm³/mol. The first-order valence-electron chi connectivity index (χ1n) is 10.6. The van der Waals surface area contributed by atoms with Gasteiger partial charge >= 0.3 is 6.36 Å². The number of aromatic hydroxyl groups is 1. The fourth-order valence-corrected chi connectivity index (χ4v) is 3.67. The molecule has 0 atom stereocenters. The van der Waals surface area contributed by atoms with Crippen LogP contribution in [0.15, 0.2) is 41.3 Å². The maximum atomic E-state index is 13.0. The van der Waals surface area contributed by atoms with E-state index in [-0.39, 0.29) is 33.0 Å². The van der Waals surface area contributed by atoms with Crippen LogP contribution in [0, 0.1) is 0 Å². The molecular formula is C25H27F3N2O4. The van der Waals surface area contributed by atoms with Crippen molar-refractivity contribution in [1.29, 1.82) is 0 Å². The minimum Gasteiger partial charge on any atom is -0.508 e. The molecule has 0 bridgehead atoms. The fraction of sp³-hybridized carbons (Fsp3) is 0.360. The Labute approximate surface area is 194 Å².